The van der Waals surface area contributed by atoms with Gasteiger partial charge in [0.05, 0.1) is 4.92 Å². The number of rotatable bonds is 4. The van der Waals surface area contributed by atoms with Gasteiger partial charge in [-0.25, -0.2) is 0 Å². The smallest absolute Gasteiger partial charge is 0.292 e. The average molecular weight is 335 g/mol. The van der Waals surface area contributed by atoms with Crippen LogP contribution in [0, 0.1) is 33.3 Å². The first kappa shape index (κ1) is 15.3. The van der Waals surface area contributed by atoms with Gasteiger partial charge in [-0.15, -0.1) is 0 Å². The highest BCUT2D eigenvalue weighted by Gasteiger charge is 2.53. The van der Waals surface area contributed by atoms with E-state index >= 15 is 0 Å². The van der Waals surface area contributed by atoms with Crippen LogP contribution in [-0.2, 0) is 0 Å². The van der Waals surface area contributed by atoms with E-state index in [4.69, 9.17) is 11.6 Å². The molecule has 4 saturated carbocycles. The minimum atomic E-state index is -0.328. The Labute approximate surface area is 141 Å². The standard InChI is InChI=1S/C18H23ClN2O2/c1-11(20-16-7-15(19)2-3-17(16)21(22)23)18-8-12-4-13(9-18)6-14(5-12)10-18/h2-3,7,11-14,20H,4-6,8-10H2,1H3. The first-order chi connectivity index (χ1) is 10.9. The molecule has 0 radical (unpaired) electrons. The molecule has 1 unspecified atom stereocenters. The fourth-order valence-electron chi connectivity index (χ4n) is 5.88. The largest absolute Gasteiger partial charge is 0.376 e. The number of benzene rings is 1. The monoisotopic (exact) mass is 334 g/mol. The van der Waals surface area contributed by atoms with Crippen LogP contribution in [0.2, 0.25) is 5.02 Å². The molecule has 4 bridgehead atoms. The lowest BCUT2D eigenvalue weighted by Gasteiger charge is -2.59. The van der Waals surface area contributed by atoms with Gasteiger partial charge in [-0.3, -0.25) is 10.1 Å². The van der Waals surface area contributed by atoms with Crippen LogP contribution in [0.1, 0.15) is 45.4 Å². The number of nitro groups is 1. The summed E-state index contributed by atoms with van der Waals surface area (Å²) in [5, 5.41) is 15.3. The van der Waals surface area contributed by atoms with Gasteiger partial charge in [0, 0.05) is 17.1 Å². The van der Waals surface area contributed by atoms with Crippen molar-refractivity contribution in [3.8, 4) is 0 Å². The molecule has 124 valence electrons. The molecule has 1 aromatic rings. The van der Waals surface area contributed by atoms with E-state index in [1.807, 2.05) is 0 Å². The Hall–Kier alpha value is -1.29. The highest BCUT2D eigenvalue weighted by atomic mass is 35.5. The van der Waals surface area contributed by atoms with Crippen molar-refractivity contribution in [3.63, 3.8) is 0 Å². The van der Waals surface area contributed by atoms with E-state index in [1.54, 1.807) is 12.1 Å². The van der Waals surface area contributed by atoms with Crippen molar-refractivity contribution >= 4 is 23.0 Å². The van der Waals surface area contributed by atoms with E-state index in [0.29, 0.717) is 16.1 Å². The lowest BCUT2D eigenvalue weighted by atomic mass is 9.48. The van der Waals surface area contributed by atoms with Gasteiger partial charge in [0.25, 0.3) is 5.69 Å². The molecule has 0 heterocycles. The molecule has 23 heavy (non-hydrogen) atoms. The zero-order valence-electron chi connectivity index (χ0n) is 13.4. The summed E-state index contributed by atoms with van der Waals surface area (Å²) in [6, 6.07) is 5.02. The van der Waals surface area contributed by atoms with Crippen molar-refractivity contribution in [1.82, 2.24) is 0 Å². The van der Waals surface area contributed by atoms with E-state index in [0.717, 1.165) is 17.8 Å². The SMILES string of the molecule is CC(Nc1cc(Cl)ccc1[N+](=O)[O-])C12CC3CC(CC(C3)C1)C2. The van der Waals surface area contributed by atoms with Crippen LogP contribution >= 0.6 is 11.6 Å². The zero-order chi connectivity index (χ0) is 16.2. The van der Waals surface area contributed by atoms with Gasteiger partial charge in [-0.05, 0) is 80.8 Å². The van der Waals surface area contributed by atoms with Crippen molar-refractivity contribution in [2.45, 2.75) is 51.5 Å². The second kappa shape index (κ2) is 5.37. The third-order valence-electron chi connectivity index (χ3n) is 6.53. The third kappa shape index (κ3) is 2.61. The van der Waals surface area contributed by atoms with Crippen molar-refractivity contribution in [2.75, 3.05) is 5.32 Å². The fraction of sp³-hybridized carbons (Fsp3) is 0.667. The summed E-state index contributed by atoms with van der Waals surface area (Å²) in [6.07, 6.45) is 8.06. The highest BCUT2D eigenvalue weighted by molar-refractivity contribution is 6.31. The fourth-order valence-corrected chi connectivity index (χ4v) is 6.05. The lowest BCUT2D eigenvalue weighted by molar-refractivity contribution is -0.384. The van der Waals surface area contributed by atoms with Gasteiger partial charge in [-0.1, -0.05) is 11.6 Å². The summed E-state index contributed by atoms with van der Waals surface area (Å²) in [6.45, 7) is 2.21. The van der Waals surface area contributed by atoms with E-state index in [-0.39, 0.29) is 16.7 Å². The summed E-state index contributed by atoms with van der Waals surface area (Å²) in [5.41, 5.74) is 0.988. The molecule has 4 fully saturated rings. The Balaban J connectivity index is 1.60. The number of hydrogen-bond acceptors (Lipinski definition) is 3. The number of halogens is 1. The third-order valence-corrected chi connectivity index (χ3v) is 6.77. The molecule has 1 N–H and O–H groups in total. The number of nitro benzene ring substituents is 1. The first-order valence-electron chi connectivity index (χ1n) is 8.66. The number of nitrogens with zero attached hydrogens (tertiary/aromatic N) is 1. The molecule has 4 aliphatic carbocycles. The topological polar surface area (TPSA) is 55.2 Å². The Morgan fingerprint density at radius 2 is 1.78 bits per heavy atom. The minimum Gasteiger partial charge on any atom is -0.376 e. The predicted octanol–water partition coefficient (Wildman–Crippen LogP) is 5.27. The van der Waals surface area contributed by atoms with E-state index in [9.17, 15) is 10.1 Å². The summed E-state index contributed by atoms with van der Waals surface area (Å²) in [4.78, 5) is 11.0. The summed E-state index contributed by atoms with van der Waals surface area (Å²) >= 11 is 6.06. The Morgan fingerprint density at radius 1 is 1.22 bits per heavy atom. The molecular weight excluding hydrogens is 312 g/mol. The van der Waals surface area contributed by atoms with Crippen molar-refractivity contribution in [2.24, 2.45) is 23.2 Å². The maximum absolute atomic E-state index is 11.3. The quantitative estimate of drug-likeness (QED) is 0.603. The molecule has 4 aliphatic rings. The van der Waals surface area contributed by atoms with Crippen molar-refractivity contribution in [3.05, 3.63) is 33.3 Å². The van der Waals surface area contributed by atoms with Gasteiger partial charge in [-0.2, -0.15) is 0 Å². The van der Waals surface area contributed by atoms with Crippen LogP contribution < -0.4 is 5.32 Å². The van der Waals surface area contributed by atoms with Crippen LogP contribution in [0.5, 0.6) is 0 Å². The van der Waals surface area contributed by atoms with Gasteiger partial charge >= 0.3 is 0 Å². The maximum Gasteiger partial charge on any atom is 0.292 e. The van der Waals surface area contributed by atoms with Gasteiger partial charge in [0.1, 0.15) is 5.69 Å². The Morgan fingerprint density at radius 3 is 2.30 bits per heavy atom. The molecule has 5 heteroatoms. The van der Waals surface area contributed by atoms with Crippen molar-refractivity contribution < 1.29 is 4.92 Å². The first-order valence-corrected chi connectivity index (χ1v) is 9.03. The Bertz CT molecular complexity index is 611. The van der Waals surface area contributed by atoms with Gasteiger partial charge < -0.3 is 5.32 Å². The summed E-state index contributed by atoms with van der Waals surface area (Å²) in [7, 11) is 0. The van der Waals surface area contributed by atoms with Gasteiger partial charge in [0.15, 0.2) is 0 Å². The minimum absolute atomic E-state index is 0.117. The molecule has 0 aliphatic heterocycles. The molecule has 5 rings (SSSR count). The Kier molecular flexibility index (Phi) is 3.56. The zero-order valence-corrected chi connectivity index (χ0v) is 14.2. The van der Waals surface area contributed by atoms with Crippen LogP contribution in [-0.4, -0.2) is 11.0 Å². The summed E-state index contributed by atoms with van der Waals surface area (Å²) in [5.74, 6) is 2.62. The molecule has 4 nitrogen and oxygen atoms in total. The van der Waals surface area contributed by atoms with E-state index in [1.165, 1.54) is 44.6 Å². The van der Waals surface area contributed by atoms with Crippen LogP contribution in [0.25, 0.3) is 0 Å². The van der Waals surface area contributed by atoms with Crippen LogP contribution in [0.4, 0.5) is 11.4 Å². The van der Waals surface area contributed by atoms with E-state index < -0.39 is 0 Å². The lowest BCUT2D eigenvalue weighted by Crippen LogP contribution is -2.52. The molecule has 0 spiro atoms. The highest BCUT2D eigenvalue weighted by Crippen LogP contribution is 2.61. The normalized spacial score (nSPS) is 36.0. The number of nitrogens with one attached hydrogen (secondary N) is 1. The van der Waals surface area contributed by atoms with Gasteiger partial charge in [0.2, 0.25) is 0 Å². The van der Waals surface area contributed by atoms with Crippen LogP contribution in [0.15, 0.2) is 18.2 Å². The number of anilines is 1. The maximum atomic E-state index is 11.3. The average Bonchev–Trinajstić information content (AvgIpc) is 2.45. The second-order valence-corrected chi connectivity index (χ2v) is 8.50. The second-order valence-electron chi connectivity index (χ2n) is 8.06. The number of hydrogen-bond donors (Lipinski definition) is 1. The molecule has 1 aromatic carbocycles. The molecule has 0 aromatic heterocycles. The van der Waals surface area contributed by atoms with Crippen LogP contribution in [0.3, 0.4) is 0 Å². The molecule has 0 saturated heterocycles. The summed E-state index contributed by atoms with van der Waals surface area (Å²) < 4.78 is 0. The predicted molar refractivity (Wildman–Crippen MR) is 91.8 cm³/mol. The molecule has 0 amide bonds. The molecular formula is C18H23ClN2O2. The van der Waals surface area contributed by atoms with Crippen molar-refractivity contribution in [1.29, 1.82) is 0 Å². The molecule has 1 atom stereocenters. The van der Waals surface area contributed by atoms with E-state index in [2.05, 4.69) is 12.2 Å².